The monoisotopic (exact) mass is 265 g/mol. The van der Waals surface area contributed by atoms with Gasteiger partial charge in [-0.2, -0.15) is 0 Å². The van der Waals surface area contributed by atoms with E-state index < -0.39 is 6.10 Å². The maximum Gasteiger partial charge on any atom is 0.251 e. The largest absolute Gasteiger partial charge is 0.486 e. The Morgan fingerprint density at radius 2 is 2.00 bits per heavy atom. The van der Waals surface area contributed by atoms with Crippen LogP contribution in [0.3, 0.4) is 0 Å². The SMILES string of the molecule is CC(O)CC(C)NC(=O)c1ccc2c(c1)OCCO2. The Balaban J connectivity index is 2.03. The highest BCUT2D eigenvalue weighted by Crippen LogP contribution is 2.30. The van der Waals surface area contributed by atoms with Crippen LogP contribution in [0.1, 0.15) is 30.6 Å². The summed E-state index contributed by atoms with van der Waals surface area (Å²) in [5.41, 5.74) is 0.529. The van der Waals surface area contributed by atoms with E-state index in [0.29, 0.717) is 36.7 Å². The minimum absolute atomic E-state index is 0.0827. The highest BCUT2D eigenvalue weighted by atomic mass is 16.6. The third kappa shape index (κ3) is 3.61. The van der Waals surface area contributed by atoms with Crippen LogP contribution in [-0.4, -0.2) is 36.4 Å². The van der Waals surface area contributed by atoms with Crippen LogP contribution in [0, 0.1) is 0 Å². The molecule has 1 heterocycles. The number of benzene rings is 1. The van der Waals surface area contributed by atoms with Crippen LogP contribution in [0.2, 0.25) is 0 Å². The van der Waals surface area contributed by atoms with Crippen LogP contribution in [-0.2, 0) is 0 Å². The average molecular weight is 265 g/mol. The molecule has 0 radical (unpaired) electrons. The van der Waals surface area contributed by atoms with Crippen molar-refractivity contribution >= 4 is 5.91 Å². The number of ether oxygens (including phenoxy) is 2. The fraction of sp³-hybridized carbons (Fsp3) is 0.500. The number of fused-ring (bicyclic) bond motifs is 1. The molecule has 2 N–H and O–H groups in total. The van der Waals surface area contributed by atoms with E-state index in [0.717, 1.165) is 0 Å². The van der Waals surface area contributed by atoms with Gasteiger partial charge in [0, 0.05) is 11.6 Å². The number of carbonyl (C=O) groups excluding carboxylic acids is 1. The van der Waals surface area contributed by atoms with Gasteiger partial charge in [-0.1, -0.05) is 0 Å². The third-order valence-electron chi connectivity index (χ3n) is 2.88. The van der Waals surface area contributed by atoms with E-state index in [1.54, 1.807) is 25.1 Å². The second kappa shape index (κ2) is 5.93. The molecular weight excluding hydrogens is 246 g/mol. The van der Waals surface area contributed by atoms with Crippen LogP contribution in [0.4, 0.5) is 0 Å². The Kier molecular flexibility index (Phi) is 4.27. The van der Waals surface area contributed by atoms with E-state index in [4.69, 9.17) is 9.47 Å². The molecule has 1 aromatic carbocycles. The molecule has 0 aliphatic carbocycles. The van der Waals surface area contributed by atoms with Crippen LogP contribution in [0.5, 0.6) is 11.5 Å². The van der Waals surface area contributed by atoms with Crippen molar-refractivity contribution in [3.8, 4) is 11.5 Å². The Bertz CT molecular complexity index is 459. The lowest BCUT2D eigenvalue weighted by atomic mass is 10.1. The zero-order valence-corrected chi connectivity index (χ0v) is 11.2. The van der Waals surface area contributed by atoms with Gasteiger partial charge in [0.1, 0.15) is 13.2 Å². The number of rotatable bonds is 4. The number of aliphatic hydroxyl groups is 1. The molecule has 104 valence electrons. The molecule has 0 fully saturated rings. The maximum atomic E-state index is 12.0. The molecule has 2 unspecified atom stereocenters. The Morgan fingerprint density at radius 1 is 1.32 bits per heavy atom. The first-order chi connectivity index (χ1) is 9.06. The molecule has 1 aliphatic heterocycles. The van der Waals surface area contributed by atoms with E-state index in [1.165, 1.54) is 0 Å². The Labute approximate surface area is 112 Å². The van der Waals surface area contributed by atoms with Crippen LogP contribution in [0.15, 0.2) is 18.2 Å². The van der Waals surface area contributed by atoms with Crippen LogP contribution in [0.25, 0.3) is 0 Å². The zero-order chi connectivity index (χ0) is 13.8. The van der Waals surface area contributed by atoms with Gasteiger partial charge in [-0.25, -0.2) is 0 Å². The van der Waals surface area contributed by atoms with Gasteiger partial charge in [0.05, 0.1) is 6.10 Å². The number of nitrogens with one attached hydrogen (secondary N) is 1. The van der Waals surface area contributed by atoms with Gasteiger partial charge in [-0.3, -0.25) is 4.79 Å². The van der Waals surface area contributed by atoms with Gasteiger partial charge in [0.25, 0.3) is 5.91 Å². The van der Waals surface area contributed by atoms with Crippen molar-refractivity contribution in [1.82, 2.24) is 5.32 Å². The van der Waals surface area contributed by atoms with Crippen LogP contribution >= 0.6 is 0 Å². The number of hydrogen-bond donors (Lipinski definition) is 2. The predicted molar refractivity (Wildman–Crippen MR) is 70.7 cm³/mol. The van der Waals surface area contributed by atoms with E-state index >= 15 is 0 Å². The molecule has 2 atom stereocenters. The highest BCUT2D eigenvalue weighted by molar-refractivity contribution is 5.95. The summed E-state index contributed by atoms with van der Waals surface area (Å²) in [6, 6.07) is 5.04. The maximum absolute atomic E-state index is 12.0. The average Bonchev–Trinajstić information content (AvgIpc) is 2.37. The van der Waals surface area contributed by atoms with E-state index in [-0.39, 0.29) is 11.9 Å². The van der Waals surface area contributed by atoms with Crippen molar-refractivity contribution in [2.75, 3.05) is 13.2 Å². The van der Waals surface area contributed by atoms with E-state index in [1.807, 2.05) is 6.92 Å². The number of carbonyl (C=O) groups is 1. The lowest BCUT2D eigenvalue weighted by Crippen LogP contribution is -2.34. The van der Waals surface area contributed by atoms with E-state index in [2.05, 4.69) is 5.32 Å². The van der Waals surface area contributed by atoms with Crippen LogP contribution < -0.4 is 14.8 Å². The molecule has 2 rings (SSSR count). The van der Waals surface area contributed by atoms with Crippen molar-refractivity contribution in [2.24, 2.45) is 0 Å². The first-order valence-electron chi connectivity index (χ1n) is 6.45. The lowest BCUT2D eigenvalue weighted by Gasteiger charge is -2.19. The summed E-state index contributed by atoms with van der Waals surface area (Å²) in [5, 5.41) is 12.1. The summed E-state index contributed by atoms with van der Waals surface area (Å²) >= 11 is 0. The van der Waals surface area contributed by atoms with Crippen molar-refractivity contribution in [3.63, 3.8) is 0 Å². The predicted octanol–water partition coefficient (Wildman–Crippen LogP) is 1.35. The second-order valence-corrected chi connectivity index (χ2v) is 4.82. The quantitative estimate of drug-likeness (QED) is 0.862. The second-order valence-electron chi connectivity index (χ2n) is 4.82. The molecule has 0 saturated heterocycles. The third-order valence-corrected chi connectivity index (χ3v) is 2.88. The summed E-state index contributed by atoms with van der Waals surface area (Å²) in [4.78, 5) is 12.0. The van der Waals surface area contributed by atoms with Gasteiger partial charge in [0.2, 0.25) is 0 Å². The molecule has 5 nitrogen and oxygen atoms in total. The molecule has 5 heteroatoms. The molecule has 0 spiro atoms. The number of aliphatic hydroxyl groups excluding tert-OH is 1. The first-order valence-corrected chi connectivity index (χ1v) is 6.45. The molecule has 19 heavy (non-hydrogen) atoms. The van der Waals surface area contributed by atoms with Crippen molar-refractivity contribution in [2.45, 2.75) is 32.4 Å². The molecule has 0 saturated carbocycles. The Hall–Kier alpha value is -1.75. The summed E-state index contributed by atoms with van der Waals surface area (Å²) < 4.78 is 10.8. The Morgan fingerprint density at radius 3 is 2.68 bits per heavy atom. The number of hydrogen-bond acceptors (Lipinski definition) is 4. The smallest absolute Gasteiger partial charge is 0.251 e. The normalized spacial score (nSPS) is 16.6. The zero-order valence-electron chi connectivity index (χ0n) is 11.2. The summed E-state index contributed by atoms with van der Waals surface area (Å²) in [5.74, 6) is 1.09. The fourth-order valence-electron chi connectivity index (χ4n) is 2.06. The molecular formula is C14H19NO4. The fourth-order valence-corrected chi connectivity index (χ4v) is 2.06. The minimum Gasteiger partial charge on any atom is -0.486 e. The molecule has 0 aromatic heterocycles. The van der Waals surface area contributed by atoms with Gasteiger partial charge < -0.3 is 19.9 Å². The van der Waals surface area contributed by atoms with Crippen molar-refractivity contribution in [1.29, 1.82) is 0 Å². The van der Waals surface area contributed by atoms with Crippen molar-refractivity contribution < 1.29 is 19.4 Å². The topological polar surface area (TPSA) is 67.8 Å². The van der Waals surface area contributed by atoms with Gasteiger partial charge in [-0.15, -0.1) is 0 Å². The van der Waals surface area contributed by atoms with Gasteiger partial charge in [-0.05, 0) is 38.5 Å². The molecule has 1 aromatic rings. The van der Waals surface area contributed by atoms with E-state index in [9.17, 15) is 9.90 Å². The summed E-state index contributed by atoms with van der Waals surface area (Å²) in [6.45, 7) is 4.59. The lowest BCUT2D eigenvalue weighted by molar-refractivity contribution is 0.0922. The molecule has 0 bridgehead atoms. The molecule has 1 amide bonds. The first kappa shape index (κ1) is 13.7. The summed E-state index contributed by atoms with van der Waals surface area (Å²) in [6.07, 6.45) is 0.0894. The highest BCUT2D eigenvalue weighted by Gasteiger charge is 2.16. The van der Waals surface area contributed by atoms with Gasteiger partial charge >= 0.3 is 0 Å². The molecule has 1 aliphatic rings. The standard InChI is InChI=1S/C14H19NO4/c1-9(7-10(2)16)15-14(17)11-3-4-12-13(8-11)19-6-5-18-12/h3-4,8-10,16H,5-7H2,1-2H3,(H,15,17). The van der Waals surface area contributed by atoms with Gasteiger partial charge in [0.15, 0.2) is 11.5 Å². The number of amides is 1. The minimum atomic E-state index is -0.435. The van der Waals surface area contributed by atoms with Crippen molar-refractivity contribution in [3.05, 3.63) is 23.8 Å². The summed E-state index contributed by atoms with van der Waals surface area (Å²) in [7, 11) is 0.